The maximum Gasteiger partial charge on any atom is 0.211 e. The van der Waals surface area contributed by atoms with Crippen LogP contribution >= 0.6 is 0 Å². The Morgan fingerprint density at radius 1 is 1.38 bits per heavy atom. The normalized spacial score (nSPS) is 24.1. The van der Waals surface area contributed by atoms with E-state index in [1.165, 1.54) is 12.3 Å². The highest BCUT2D eigenvalue weighted by Crippen LogP contribution is 2.22. The molecule has 4 nitrogen and oxygen atoms in total. The second kappa shape index (κ2) is 6.85. The first-order chi connectivity index (χ1) is 9.91. The molecule has 6 heteroatoms. The van der Waals surface area contributed by atoms with Crippen LogP contribution in [0, 0.1) is 11.7 Å². The van der Waals surface area contributed by atoms with Gasteiger partial charge in [0.05, 0.1) is 6.26 Å². The number of halogens is 1. The minimum Gasteiger partial charge on any atom is -0.309 e. The molecule has 1 aromatic rings. The standard InChI is InChI=1S/C15H23FN2O2S/c1-3-12-11-18(21(2,19)20)9-8-15(12)17-10-13-6-4-5-7-14(13)16/h4-7,12,15,17H,3,8-11H2,1-2H3. The highest BCUT2D eigenvalue weighted by atomic mass is 32.2. The van der Waals surface area contributed by atoms with Crippen molar-refractivity contribution in [2.75, 3.05) is 19.3 Å². The first-order valence-electron chi connectivity index (χ1n) is 7.33. The van der Waals surface area contributed by atoms with Crippen LogP contribution in [0.5, 0.6) is 0 Å². The van der Waals surface area contributed by atoms with Crippen LogP contribution in [0.25, 0.3) is 0 Å². The second-order valence-corrected chi connectivity index (χ2v) is 7.64. The summed E-state index contributed by atoms with van der Waals surface area (Å²) < 4.78 is 38.4. The predicted molar refractivity (Wildman–Crippen MR) is 81.8 cm³/mol. The van der Waals surface area contributed by atoms with Gasteiger partial charge in [0.2, 0.25) is 10.0 Å². The van der Waals surface area contributed by atoms with E-state index in [1.54, 1.807) is 16.4 Å². The van der Waals surface area contributed by atoms with Gasteiger partial charge in [-0.2, -0.15) is 0 Å². The van der Waals surface area contributed by atoms with Gasteiger partial charge >= 0.3 is 0 Å². The zero-order valence-electron chi connectivity index (χ0n) is 12.5. The molecule has 0 amide bonds. The Hall–Kier alpha value is -0.980. The summed E-state index contributed by atoms with van der Waals surface area (Å²) in [5.74, 6) is 0.0619. The number of piperidine rings is 1. The van der Waals surface area contributed by atoms with Gasteiger partial charge in [-0.05, 0) is 18.4 Å². The Balaban J connectivity index is 1.97. The van der Waals surface area contributed by atoms with E-state index in [9.17, 15) is 12.8 Å². The molecule has 1 aliphatic heterocycles. The van der Waals surface area contributed by atoms with E-state index in [2.05, 4.69) is 12.2 Å². The zero-order valence-corrected chi connectivity index (χ0v) is 13.4. The van der Waals surface area contributed by atoms with E-state index in [0.29, 0.717) is 25.2 Å². The molecule has 0 spiro atoms. The molecule has 1 aliphatic rings. The average Bonchev–Trinajstić information content (AvgIpc) is 2.45. The Morgan fingerprint density at radius 2 is 2.10 bits per heavy atom. The summed E-state index contributed by atoms with van der Waals surface area (Å²) in [7, 11) is -3.12. The number of hydrogen-bond donors (Lipinski definition) is 1. The van der Waals surface area contributed by atoms with E-state index in [1.807, 2.05) is 6.07 Å². The number of sulfonamides is 1. The summed E-state index contributed by atoms with van der Waals surface area (Å²) in [6.45, 7) is 3.62. The maximum absolute atomic E-state index is 13.6. The minimum absolute atomic E-state index is 0.202. The monoisotopic (exact) mass is 314 g/mol. The fourth-order valence-electron chi connectivity index (χ4n) is 2.87. The summed E-state index contributed by atoms with van der Waals surface area (Å²) >= 11 is 0. The molecule has 2 atom stereocenters. The summed E-state index contributed by atoms with van der Waals surface area (Å²) in [5.41, 5.74) is 0.651. The van der Waals surface area contributed by atoms with E-state index < -0.39 is 10.0 Å². The van der Waals surface area contributed by atoms with Gasteiger partial charge in [0, 0.05) is 31.2 Å². The van der Waals surface area contributed by atoms with E-state index in [-0.39, 0.29) is 17.8 Å². The number of benzene rings is 1. The molecule has 2 unspecified atom stereocenters. The van der Waals surface area contributed by atoms with Gasteiger partial charge in [0.25, 0.3) is 0 Å². The molecule has 1 aromatic carbocycles. The van der Waals surface area contributed by atoms with Gasteiger partial charge in [-0.3, -0.25) is 0 Å². The Bertz CT molecular complexity index is 577. The maximum atomic E-state index is 13.6. The number of nitrogens with zero attached hydrogens (tertiary/aromatic N) is 1. The first kappa shape index (κ1) is 16.4. The molecular weight excluding hydrogens is 291 g/mol. The summed E-state index contributed by atoms with van der Waals surface area (Å²) in [6.07, 6.45) is 2.92. The molecule has 0 saturated carbocycles. The quantitative estimate of drug-likeness (QED) is 0.904. The van der Waals surface area contributed by atoms with E-state index in [0.717, 1.165) is 12.8 Å². The van der Waals surface area contributed by atoms with Crippen molar-refractivity contribution in [1.29, 1.82) is 0 Å². The SMILES string of the molecule is CCC1CN(S(C)(=O)=O)CCC1NCc1ccccc1F. The summed E-state index contributed by atoms with van der Waals surface area (Å²) in [4.78, 5) is 0. The third-order valence-electron chi connectivity index (χ3n) is 4.20. The highest BCUT2D eigenvalue weighted by Gasteiger charge is 2.31. The smallest absolute Gasteiger partial charge is 0.211 e. The molecule has 1 fully saturated rings. The Kier molecular flexibility index (Phi) is 5.35. The first-order valence-corrected chi connectivity index (χ1v) is 9.18. The molecular formula is C15H23FN2O2S. The van der Waals surface area contributed by atoms with Crippen molar-refractivity contribution in [1.82, 2.24) is 9.62 Å². The number of hydrogen-bond acceptors (Lipinski definition) is 3. The van der Waals surface area contributed by atoms with Gasteiger partial charge in [-0.1, -0.05) is 31.5 Å². The summed E-state index contributed by atoms with van der Waals surface area (Å²) in [6, 6.07) is 6.96. The second-order valence-electron chi connectivity index (χ2n) is 5.66. The highest BCUT2D eigenvalue weighted by molar-refractivity contribution is 7.88. The predicted octanol–water partition coefficient (Wildman–Crippen LogP) is 1.98. The molecule has 2 rings (SSSR count). The van der Waals surface area contributed by atoms with Crippen LogP contribution in [0.1, 0.15) is 25.3 Å². The molecule has 118 valence electrons. The Morgan fingerprint density at radius 3 is 2.71 bits per heavy atom. The third kappa shape index (κ3) is 4.25. The Labute approximate surface area is 126 Å². The van der Waals surface area contributed by atoms with Crippen molar-refractivity contribution in [3.8, 4) is 0 Å². The zero-order chi connectivity index (χ0) is 15.5. The van der Waals surface area contributed by atoms with Crippen LogP contribution in [0.2, 0.25) is 0 Å². The molecule has 0 bridgehead atoms. The lowest BCUT2D eigenvalue weighted by atomic mass is 9.91. The fourth-order valence-corrected chi connectivity index (χ4v) is 3.76. The molecule has 0 radical (unpaired) electrons. The summed E-state index contributed by atoms with van der Waals surface area (Å²) in [5, 5.41) is 3.39. The molecule has 1 saturated heterocycles. The lowest BCUT2D eigenvalue weighted by molar-refractivity contribution is 0.201. The van der Waals surface area contributed by atoms with Crippen molar-refractivity contribution < 1.29 is 12.8 Å². The lowest BCUT2D eigenvalue weighted by Crippen LogP contribution is -2.50. The third-order valence-corrected chi connectivity index (χ3v) is 5.47. The molecule has 21 heavy (non-hydrogen) atoms. The number of nitrogens with one attached hydrogen (secondary N) is 1. The van der Waals surface area contributed by atoms with Crippen LogP contribution in [-0.2, 0) is 16.6 Å². The van der Waals surface area contributed by atoms with Gasteiger partial charge in [-0.15, -0.1) is 0 Å². The van der Waals surface area contributed by atoms with Crippen molar-refractivity contribution in [2.24, 2.45) is 5.92 Å². The van der Waals surface area contributed by atoms with Gasteiger partial charge in [-0.25, -0.2) is 17.1 Å². The van der Waals surface area contributed by atoms with Gasteiger partial charge < -0.3 is 5.32 Å². The molecule has 1 N–H and O–H groups in total. The molecule has 1 heterocycles. The van der Waals surface area contributed by atoms with Crippen LogP contribution < -0.4 is 5.32 Å². The molecule has 0 aliphatic carbocycles. The molecule has 0 aromatic heterocycles. The van der Waals surface area contributed by atoms with Crippen LogP contribution in [0.4, 0.5) is 4.39 Å². The van der Waals surface area contributed by atoms with Gasteiger partial charge in [0.1, 0.15) is 5.82 Å². The van der Waals surface area contributed by atoms with Crippen LogP contribution in [0.3, 0.4) is 0 Å². The van der Waals surface area contributed by atoms with Gasteiger partial charge in [0.15, 0.2) is 0 Å². The van der Waals surface area contributed by atoms with E-state index in [4.69, 9.17) is 0 Å². The van der Waals surface area contributed by atoms with Crippen LogP contribution in [0.15, 0.2) is 24.3 Å². The number of rotatable bonds is 5. The fraction of sp³-hybridized carbons (Fsp3) is 0.600. The minimum atomic E-state index is -3.12. The average molecular weight is 314 g/mol. The topological polar surface area (TPSA) is 49.4 Å². The largest absolute Gasteiger partial charge is 0.309 e. The van der Waals surface area contributed by atoms with Crippen molar-refractivity contribution in [3.63, 3.8) is 0 Å². The van der Waals surface area contributed by atoms with Crippen molar-refractivity contribution in [3.05, 3.63) is 35.6 Å². The lowest BCUT2D eigenvalue weighted by Gasteiger charge is -2.37. The van der Waals surface area contributed by atoms with E-state index >= 15 is 0 Å². The van der Waals surface area contributed by atoms with Crippen molar-refractivity contribution >= 4 is 10.0 Å². The van der Waals surface area contributed by atoms with Crippen LogP contribution in [-0.4, -0.2) is 38.1 Å². The van der Waals surface area contributed by atoms with Crippen molar-refractivity contribution in [2.45, 2.75) is 32.4 Å².